The third kappa shape index (κ3) is 4.01. The number of ether oxygens (including phenoxy) is 1. The average molecular weight is 282 g/mol. The van der Waals surface area contributed by atoms with Crippen molar-refractivity contribution in [1.29, 1.82) is 5.26 Å². The van der Waals surface area contributed by atoms with Crippen LogP contribution in [0.1, 0.15) is 31.0 Å². The van der Waals surface area contributed by atoms with Gasteiger partial charge in [-0.15, -0.1) is 10.2 Å². The Morgan fingerprint density at radius 3 is 2.43 bits per heavy atom. The van der Waals surface area contributed by atoms with Gasteiger partial charge >= 0.3 is 6.09 Å². The number of anilines is 1. The zero-order valence-electron chi connectivity index (χ0n) is 11.7. The van der Waals surface area contributed by atoms with Crippen molar-refractivity contribution in [2.24, 2.45) is 0 Å². The Morgan fingerprint density at radius 2 is 1.90 bits per heavy atom. The van der Waals surface area contributed by atoms with Gasteiger partial charge in [0.05, 0.1) is 0 Å². The highest BCUT2D eigenvalue weighted by molar-refractivity contribution is 5.86. The molecule has 0 saturated carbocycles. The second-order valence-electron chi connectivity index (χ2n) is 4.66. The number of nitrogens with one attached hydrogen (secondary N) is 1. The molecule has 0 unspecified atom stereocenters. The van der Waals surface area contributed by atoms with Crippen LogP contribution in [0, 0.1) is 11.3 Å². The molecule has 0 spiro atoms. The first-order valence-electron chi connectivity index (χ1n) is 6.41. The Hall–Kier alpha value is -2.94. The van der Waals surface area contributed by atoms with E-state index < -0.39 is 6.09 Å². The minimum atomic E-state index is -0.661. The van der Waals surface area contributed by atoms with Gasteiger partial charge in [-0.2, -0.15) is 5.26 Å². The van der Waals surface area contributed by atoms with E-state index in [-0.39, 0.29) is 11.6 Å². The monoisotopic (exact) mass is 282 g/mol. The van der Waals surface area contributed by atoms with Crippen LogP contribution in [0.15, 0.2) is 36.4 Å². The van der Waals surface area contributed by atoms with Crippen LogP contribution in [0.25, 0.3) is 0 Å². The highest BCUT2D eigenvalue weighted by Gasteiger charge is 2.07. The molecule has 1 amide bonds. The van der Waals surface area contributed by atoms with Gasteiger partial charge in [0.25, 0.3) is 0 Å². The van der Waals surface area contributed by atoms with E-state index in [0.29, 0.717) is 11.6 Å². The molecular formula is C15H14N4O2. The number of rotatable bonds is 3. The van der Waals surface area contributed by atoms with Crippen molar-refractivity contribution in [1.82, 2.24) is 10.2 Å². The number of hydrogen-bond donors (Lipinski definition) is 1. The maximum atomic E-state index is 11.7. The van der Waals surface area contributed by atoms with Gasteiger partial charge < -0.3 is 4.74 Å². The molecule has 1 N–H and O–H groups in total. The molecule has 6 heteroatoms. The van der Waals surface area contributed by atoms with Crippen LogP contribution in [0.3, 0.4) is 0 Å². The molecule has 2 aromatic rings. The lowest BCUT2D eigenvalue weighted by Crippen LogP contribution is -2.17. The molecule has 0 radical (unpaired) electrons. The quantitative estimate of drug-likeness (QED) is 0.934. The first kappa shape index (κ1) is 14.5. The molecule has 106 valence electrons. The molecule has 1 heterocycles. The van der Waals surface area contributed by atoms with E-state index in [1.54, 1.807) is 12.1 Å². The molecule has 0 bridgehead atoms. The summed E-state index contributed by atoms with van der Waals surface area (Å²) in [5, 5.41) is 18.4. The van der Waals surface area contributed by atoms with Crippen LogP contribution < -0.4 is 10.1 Å². The molecule has 0 atom stereocenters. The Labute approximate surface area is 122 Å². The number of benzene rings is 1. The molecule has 2 rings (SSSR count). The van der Waals surface area contributed by atoms with Crippen LogP contribution in [-0.2, 0) is 0 Å². The van der Waals surface area contributed by atoms with Crippen molar-refractivity contribution >= 4 is 11.8 Å². The molecule has 1 aromatic heterocycles. The summed E-state index contributed by atoms with van der Waals surface area (Å²) in [5.41, 5.74) is 1.98. The SMILES string of the molecule is CC(C)c1ccc(NC(=O)Oc2ccc(C#N)nn2)cc1. The normalized spacial score (nSPS) is 10.0. The van der Waals surface area contributed by atoms with Crippen molar-refractivity contribution in [3.8, 4) is 11.9 Å². The largest absolute Gasteiger partial charge is 0.418 e. The Morgan fingerprint density at radius 1 is 1.19 bits per heavy atom. The number of nitrogens with zero attached hydrogens (tertiary/aromatic N) is 3. The molecule has 0 aliphatic rings. The van der Waals surface area contributed by atoms with Crippen LogP contribution >= 0.6 is 0 Å². The van der Waals surface area contributed by atoms with Crippen LogP contribution in [-0.4, -0.2) is 16.3 Å². The fourth-order valence-electron chi connectivity index (χ4n) is 1.62. The lowest BCUT2D eigenvalue weighted by Gasteiger charge is -2.08. The van der Waals surface area contributed by atoms with Crippen molar-refractivity contribution in [3.63, 3.8) is 0 Å². The molecule has 0 aliphatic heterocycles. The second-order valence-corrected chi connectivity index (χ2v) is 4.66. The summed E-state index contributed by atoms with van der Waals surface area (Å²) in [4.78, 5) is 11.7. The van der Waals surface area contributed by atoms with Crippen LogP contribution in [0.2, 0.25) is 0 Å². The molecular weight excluding hydrogens is 268 g/mol. The smallest absolute Gasteiger partial charge is 0.389 e. The highest BCUT2D eigenvalue weighted by Crippen LogP contribution is 2.17. The van der Waals surface area contributed by atoms with Gasteiger partial charge in [0.1, 0.15) is 6.07 Å². The second kappa shape index (κ2) is 6.48. The summed E-state index contributed by atoms with van der Waals surface area (Å²) in [5.74, 6) is 0.463. The summed E-state index contributed by atoms with van der Waals surface area (Å²) in [7, 11) is 0. The molecule has 21 heavy (non-hydrogen) atoms. The number of hydrogen-bond acceptors (Lipinski definition) is 5. The molecule has 0 aliphatic carbocycles. The van der Waals surface area contributed by atoms with E-state index in [1.165, 1.54) is 17.7 Å². The average Bonchev–Trinajstić information content (AvgIpc) is 2.48. The number of aromatic nitrogens is 2. The molecule has 6 nitrogen and oxygen atoms in total. The van der Waals surface area contributed by atoms with Crippen molar-refractivity contribution in [2.75, 3.05) is 5.32 Å². The van der Waals surface area contributed by atoms with E-state index in [1.807, 2.05) is 18.2 Å². The predicted molar refractivity (Wildman–Crippen MR) is 76.9 cm³/mol. The molecule has 0 fully saturated rings. The van der Waals surface area contributed by atoms with E-state index in [9.17, 15) is 4.79 Å². The Balaban J connectivity index is 1.96. The van der Waals surface area contributed by atoms with Gasteiger partial charge in [-0.25, -0.2) is 4.79 Å². The number of amides is 1. The fraction of sp³-hybridized carbons (Fsp3) is 0.200. The fourth-order valence-corrected chi connectivity index (χ4v) is 1.62. The summed E-state index contributed by atoms with van der Waals surface area (Å²) in [6.07, 6.45) is -0.661. The van der Waals surface area contributed by atoms with E-state index in [2.05, 4.69) is 29.4 Å². The topological polar surface area (TPSA) is 87.9 Å². The van der Waals surface area contributed by atoms with E-state index >= 15 is 0 Å². The standard InChI is InChI=1S/C15H14N4O2/c1-10(2)11-3-5-12(6-4-11)17-15(20)21-14-8-7-13(9-16)18-19-14/h3-8,10H,1-2H3,(H,17,20). The Kier molecular flexibility index (Phi) is 4.46. The maximum Gasteiger partial charge on any atom is 0.418 e. The van der Waals surface area contributed by atoms with Gasteiger partial charge in [0.15, 0.2) is 5.69 Å². The number of carbonyl (C=O) groups is 1. The third-order valence-corrected chi connectivity index (χ3v) is 2.78. The zero-order valence-corrected chi connectivity index (χ0v) is 11.7. The van der Waals surface area contributed by atoms with Gasteiger partial charge in [-0.1, -0.05) is 26.0 Å². The maximum absolute atomic E-state index is 11.7. The van der Waals surface area contributed by atoms with Crippen molar-refractivity contribution in [2.45, 2.75) is 19.8 Å². The first-order chi connectivity index (χ1) is 10.1. The molecule has 0 saturated heterocycles. The number of carbonyl (C=O) groups excluding carboxylic acids is 1. The predicted octanol–water partition coefficient (Wildman–Crippen LogP) is 3.08. The number of nitriles is 1. The summed E-state index contributed by atoms with van der Waals surface area (Å²) in [6.45, 7) is 4.19. The highest BCUT2D eigenvalue weighted by atomic mass is 16.6. The third-order valence-electron chi connectivity index (χ3n) is 2.78. The lowest BCUT2D eigenvalue weighted by atomic mass is 10.0. The summed E-state index contributed by atoms with van der Waals surface area (Å²) in [6, 6.07) is 12.2. The Bertz CT molecular complexity index is 658. The molecule has 1 aromatic carbocycles. The minimum absolute atomic E-state index is 0.0327. The van der Waals surface area contributed by atoms with Gasteiger partial charge in [-0.3, -0.25) is 5.32 Å². The minimum Gasteiger partial charge on any atom is -0.389 e. The van der Waals surface area contributed by atoms with E-state index in [4.69, 9.17) is 10.00 Å². The first-order valence-corrected chi connectivity index (χ1v) is 6.41. The van der Waals surface area contributed by atoms with Gasteiger partial charge in [0.2, 0.25) is 5.88 Å². The van der Waals surface area contributed by atoms with Crippen LogP contribution in [0.5, 0.6) is 5.88 Å². The summed E-state index contributed by atoms with van der Waals surface area (Å²) < 4.78 is 4.96. The lowest BCUT2D eigenvalue weighted by molar-refractivity contribution is 0.213. The summed E-state index contributed by atoms with van der Waals surface area (Å²) >= 11 is 0. The van der Waals surface area contributed by atoms with Gasteiger partial charge in [0, 0.05) is 11.8 Å². The van der Waals surface area contributed by atoms with Crippen molar-refractivity contribution < 1.29 is 9.53 Å². The van der Waals surface area contributed by atoms with E-state index in [0.717, 1.165) is 0 Å². The van der Waals surface area contributed by atoms with Crippen molar-refractivity contribution in [3.05, 3.63) is 47.7 Å². The zero-order chi connectivity index (χ0) is 15.2. The van der Waals surface area contributed by atoms with Crippen LogP contribution in [0.4, 0.5) is 10.5 Å². The van der Waals surface area contributed by atoms with Gasteiger partial charge in [-0.05, 0) is 29.7 Å².